The summed E-state index contributed by atoms with van der Waals surface area (Å²) in [5.74, 6) is 0. The summed E-state index contributed by atoms with van der Waals surface area (Å²) in [5.41, 5.74) is 7.47. The summed E-state index contributed by atoms with van der Waals surface area (Å²) >= 11 is 0. The second kappa shape index (κ2) is 11.0. The van der Waals surface area contributed by atoms with E-state index in [1.807, 2.05) is 34.6 Å². The van der Waals surface area contributed by atoms with Crippen molar-refractivity contribution in [2.45, 2.75) is 55.4 Å². The molecule has 4 nitrogen and oxygen atoms in total. The fraction of sp³-hybridized carbons (Fsp3) is 0.480. The van der Waals surface area contributed by atoms with Crippen LogP contribution in [0, 0.1) is 41.5 Å². The molecule has 0 radical (unpaired) electrons. The first kappa shape index (κ1) is 25.9. The average Bonchev–Trinajstić information content (AvgIpc) is 2.63. The van der Waals surface area contributed by atoms with Crippen molar-refractivity contribution in [3.63, 3.8) is 0 Å². The standard InChI is InChI=1S/C25H36O4P2/c1-9-28-31(27,29-10-2)12-11-30(24-21(7)15-18(4)16-22(24)8)25(26)23-19(5)13-17(3)14-20(23)6/h13-16H,9-12H2,1-8H3. The van der Waals surface area contributed by atoms with Gasteiger partial charge in [-0.3, -0.25) is 9.36 Å². The van der Waals surface area contributed by atoms with Crippen LogP contribution in [0.4, 0.5) is 0 Å². The highest BCUT2D eigenvalue weighted by atomic mass is 31.2. The molecule has 0 aliphatic rings. The van der Waals surface area contributed by atoms with Gasteiger partial charge in [-0.25, -0.2) is 0 Å². The fourth-order valence-electron chi connectivity index (χ4n) is 4.35. The van der Waals surface area contributed by atoms with Crippen LogP contribution in [0.15, 0.2) is 24.3 Å². The van der Waals surface area contributed by atoms with Crippen molar-refractivity contribution in [1.29, 1.82) is 0 Å². The third-order valence-corrected chi connectivity index (χ3v) is 10.3. The lowest BCUT2D eigenvalue weighted by molar-refractivity contribution is 0.108. The van der Waals surface area contributed by atoms with Crippen LogP contribution in [0.2, 0.25) is 0 Å². The van der Waals surface area contributed by atoms with Crippen LogP contribution in [-0.2, 0) is 13.6 Å². The second-order valence-electron chi connectivity index (χ2n) is 8.15. The van der Waals surface area contributed by atoms with Crippen molar-refractivity contribution in [2.75, 3.05) is 25.5 Å². The molecular formula is C25H36O4P2. The summed E-state index contributed by atoms with van der Waals surface area (Å²) < 4.78 is 24.2. The van der Waals surface area contributed by atoms with Gasteiger partial charge in [0, 0.05) is 13.5 Å². The Labute approximate surface area is 189 Å². The summed E-state index contributed by atoms with van der Waals surface area (Å²) in [6.45, 7) is 16.5. The summed E-state index contributed by atoms with van der Waals surface area (Å²) in [6, 6.07) is 8.39. The number of hydrogen-bond acceptors (Lipinski definition) is 4. The van der Waals surface area contributed by atoms with Gasteiger partial charge in [0.25, 0.3) is 0 Å². The summed E-state index contributed by atoms with van der Waals surface area (Å²) in [6.07, 6.45) is 0.714. The van der Waals surface area contributed by atoms with Crippen LogP contribution < -0.4 is 5.30 Å². The van der Waals surface area contributed by atoms with E-state index in [1.165, 1.54) is 5.56 Å². The van der Waals surface area contributed by atoms with Crippen molar-refractivity contribution in [1.82, 2.24) is 0 Å². The first-order chi connectivity index (χ1) is 14.5. The monoisotopic (exact) mass is 462 g/mol. The molecule has 31 heavy (non-hydrogen) atoms. The van der Waals surface area contributed by atoms with E-state index in [9.17, 15) is 9.36 Å². The van der Waals surface area contributed by atoms with Gasteiger partial charge in [0.15, 0.2) is 5.52 Å². The minimum Gasteiger partial charge on any atom is -0.309 e. The Morgan fingerprint density at radius 3 is 1.65 bits per heavy atom. The molecule has 2 rings (SSSR count). The van der Waals surface area contributed by atoms with Crippen LogP contribution >= 0.6 is 15.5 Å². The topological polar surface area (TPSA) is 52.6 Å². The summed E-state index contributed by atoms with van der Waals surface area (Å²) in [4.78, 5) is 14.0. The van der Waals surface area contributed by atoms with E-state index in [1.54, 1.807) is 0 Å². The Morgan fingerprint density at radius 1 is 0.806 bits per heavy atom. The molecule has 0 aliphatic heterocycles. The van der Waals surface area contributed by atoms with Crippen LogP contribution in [0.5, 0.6) is 0 Å². The van der Waals surface area contributed by atoms with Gasteiger partial charge < -0.3 is 9.05 Å². The molecule has 6 heteroatoms. The Balaban J connectivity index is 2.56. The molecule has 0 heterocycles. The number of carbonyl (C=O) groups excluding carboxylic acids is 1. The molecule has 1 unspecified atom stereocenters. The van der Waals surface area contributed by atoms with Gasteiger partial charge in [0.2, 0.25) is 0 Å². The maximum absolute atomic E-state index is 14.0. The molecule has 0 amide bonds. The van der Waals surface area contributed by atoms with Gasteiger partial charge in [-0.1, -0.05) is 35.4 Å². The van der Waals surface area contributed by atoms with Gasteiger partial charge in [-0.05, 0) is 89.1 Å². The highest BCUT2D eigenvalue weighted by molar-refractivity contribution is 7.82. The maximum Gasteiger partial charge on any atom is 0.331 e. The highest BCUT2D eigenvalue weighted by Gasteiger charge is 2.32. The summed E-state index contributed by atoms with van der Waals surface area (Å²) in [7, 11) is -4.48. The molecule has 2 aromatic rings. The molecule has 0 aromatic heterocycles. The van der Waals surface area contributed by atoms with E-state index >= 15 is 0 Å². The normalized spacial score (nSPS) is 12.8. The Bertz CT molecular complexity index is 941. The first-order valence-electron chi connectivity index (χ1n) is 10.9. The molecular weight excluding hydrogens is 426 g/mol. The number of benzene rings is 2. The molecule has 0 spiro atoms. The molecule has 170 valence electrons. The van der Waals surface area contributed by atoms with Crippen molar-refractivity contribution < 1.29 is 18.4 Å². The lowest BCUT2D eigenvalue weighted by atomic mass is 10.0. The zero-order valence-corrected chi connectivity index (χ0v) is 22.0. The quantitative estimate of drug-likeness (QED) is 0.367. The minimum absolute atomic E-state index is 0.139. The van der Waals surface area contributed by atoms with Crippen molar-refractivity contribution >= 4 is 26.3 Å². The predicted octanol–water partition coefficient (Wildman–Crippen LogP) is 6.75. The third kappa shape index (κ3) is 6.36. The van der Waals surface area contributed by atoms with Crippen LogP contribution in [-0.4, -0.2) is 31.1 Å². The second-order valence-corrected chi connectivity index (χ2v) is 12.5. The lowest BCUT2D eigenvalue weighted by Crippen LogP contribution is -2.20. The van der Waals surface area contributed by atoms with Crippen LogP contribution in [0.3, 0.4) is 0 Å². The molecule has 0 aliphatic carbocycles. The molecule has 0 N–H and O–H groups in total. The zero-order valence-electron chi connectivity index (χ0n) is 20.2. The van der Waals surface area contributed by atoms with E-state index in [-0.39, 0.29) is 11.7 Å². The largest absolute Gasteiger partial charge is 0.331 e. The predicted molar refractivity (Wildman–Crippen MR) is 133 cm³/mol. The molecule has 0 fully saturated rings. The average molecular weight is 463 g/mol. The van der Waals surface area contributed by atoms with Crippen molar-refractivity contribution in [3.05, 3.63) is 63.2 Å². The molecule has 0 saturated heterocycles. The minimum atomic E-state index is -3.23. The smallest absolute Gasteiger partial charge is 0.309 e. The van der Waals surface area contributed by atoms with E-state index in [4.69, 9.17) is 9.05 Å². The van der Waals surface area contributed by atoms with Gasteiger partial charge in [0.05, 0.1) is 19.4 Å². The SMILES string of the molecule is CCOP(=O)(CCP(C(=O)c1c(C)cc(C)cc1C)c1c(C)cc(C)cc1C)OCC. The number of carbonyl (C=O) groups is 1. The van der Waals surface area contributed by atoms with Gasteiger partial charge in [0.1, 0.15) is 0 Å². The highest BCUT2D eigenvalue weighted by Crippen LogP contribution is 2.52. The lowest BCUT2D eigenvalue weighted by Gasteiger charge is -2.25. The van der Waals surface area contributed by atoms with Crippen LogP contribution in [0.1, 0.15) is 57.6 Å². The van der Waals surface area contributed by atoms with Crippen molar-refractivity contribution in [3.8, 4) is 0 Å². The van der Waals surface area contributed by atoms with Gasteiger partial charge in [-0.15, -0.1) is 0 Å². The maximum atomic E-state index is 14.0. The zero-order chi connectivity index (χ0) is 23.3. The molecule has 1 atom stereocenters. The molecule has 0 bridgehead atoms. The van der Waals surface area contributed by atoms with Crippen LogP contribution in [0.25, 0.3) is 0 Å². The van der Waals surface area contributed by atoms with E-state index in [0.29, 0.717) is 19.4 Å². The van der Waals surface area contributed by atoms with Crippen molar-refractivity contribution in [2.24, 2.45) is 0 Å². The Kier molecular flexibility index (Phi) is 9.22. The summed E-state index contributed by atoms with van der Waals surface area (Å²) in [5, 5.41) is 1.09. The molecule has 2 aromatic carbocycles. The number of aryl methyl sites for hydroxylation is 6. The Hall–Kier alpha value is -1.31. The number of rotatable bonds is 10. The number of hydrogen-bond donors (Lipinski definition) is 0. The third-order valence-electron chi connectivity index (χ3n) is 5.29. The molecule has 0 saturated carbocycles. The van der Waals surface area contributed by atoms with E-state index in [2.05, 4.69) is 45.0 Å². The first-order valence-corrected chi connectivity index (χ1v) is 14.1. The fourth-order valence-corrected chi connectivity index (χ4v) is 9.48. The van der Waals surface area contributed by atoms with E-state index in [0.717, 1.165) is 38.7 Å². The van der Waals surface area contributed by atoms with E-state index < -0.39 is 15.5 Å². The van der Waals surface area contributed by atoms with Gasteiger partial charge in [-0.2, -0.15) is 0 Å². The van der Waals surface area contributed by atoms with Gasteiger partial charge >= 0.3 is 7.60 Å². The Morgan fingerprint density at radius 2 is 1.23 bits per heavy atom.